The highest BCUT2D eigenvalue weighted by Gasteiger charge is 2.31. The molecule has 1 aromatic rings. The van der Waals surface area contributed by atoms with Crippen molar-refractivity contribution in [1.29, 1.82) is 0 Å². The van der Waals surface area contributed by atoms with Crippen LogP contribution in [0.2, 0.25) is 0 Å². The molecule has 1 aliphatic heterocycles. The molecule has 0 aliphatic carbocycles. The molecule has 96 valence electrons. The average molecular weight is 248 g/mol. The summed E-state index contributed by atoms with van der Waals surface area (Å²) in [6.45, 7) is 4.26. The van der Waals surface area contributed by atoms with Crippen LogP contribution in [0.1, 0.15) is 24.2 Å². The number of nitrogens with zero attached hydrogens (tertiary/aromatic N) is 1. The highest BCUT2D eigenvalue weighted by Crippen LogP contribution is 2.34. The lowest BCUT2D eigenvalue weighted by Gasteiger charge is -2.34. The van der Waals surface area contributed by atoms with Crippen LogP contribution in [0.5, 0.6) is 0 Å². The van der Waals surface area contributed by atoms with Gasteiger partial charge in [-0.25, -0.2) is 4.79 Å². The van der Waals surface area contributed by atoms with Crippen LogP contribution in [0.25, 0.3) is 0 Å². The molecule has 1 amide bonds. The molecule has 1 unspecified atom stereocenters. The summed E-state index contributed by atoms with van der Waals surface area (Å²) in [5, 5.41) is 3.07. The largest absolute Gasteiger partial charge is 0.465 e. The van der Waals surface area contributed by atoms with E-state index < -0.39 is 5.97 Å². The molecule has 0 bridgehead atoms. The summed E-state index contributed by atoms with van der Waals surface area (Å²) in [4.78, 5) is 25.4. The van der Waals surface area contributed by atoms with Crippen molar-refractivity contribution in [2.75, 3.05) is 23.9 Å². The molecular weight excluding hydrogens is 232 g/mol. The average Bonchev–Trinajstić information content (AvgIpc) is 2.39. The number of esters is 1. The van der Waals surface area contributed by atoms with Gasteiger partial charge in [0.1, 0.15) is 6.04 Å². The second-order valence-electron chi connectivity index (χ2n) is 4.14. The summed E-state index contributed by atoms with van der Waals surface area (Å²) in [5.41, 5.74) is 1.84. The van der Waals surface area contributed by atoms with Gasteiger partial charge in [-0.05, 0) is 26.0 Å². The Balaban J connectivity index is 2.56. The second kappa shape index (κ2) is 4.68. The number of hydrogen-bond acceptors (Lipinski definition) is 4. The number of carbonyl (C=O) groups is 2. The summed E-state index contributed by atoms with van der Waals surface area (Å²) < 4.78 is 4.75. The summed E-state index contributed by atoms with van der Waals surface area (Å²) in [5.74, 6) is -0.399. The number of carbonyl (C=O) groups excluding carboxylic acids is 2. The van der Waals surface area contributed by atoms with E-state index in [2.05, 4.69) is 5.32 Å². The van der Waals surface area contributed by atoms with Gasteiger partial charge in [-0.2, -0.15) is 0 Å². The molecule has 1 aromatic carbocycles. The maximum atomic E-state index is 12.0. The number of amides is 1. The Hall–Kier alpha value is -2.04. The Morgan fingerprint density at radius 3 is 2.83 bits per heavy atom. The molecule has 1 atom stereocenters. The summed E-state index contributed by atoms with van der Waals surface area (Å²) >= 11 is 0. The SMILES string of the molecule is CCN1C(=O)C(C)Nc2c(C(=O)OC)cccc21. The number of hydrogen-bond donors (Lipinski definition) is 1. The Labute approximate surface area is 106 Å². The fourth-order valence-corrected chi connectivity index (χ4v) is 2.15. The van der Waals surface area contributed by atoms with Gasteiger partial charge in [-0.3, -0.25) is 4.79 Å². The van der Waals surface area contributed by atoms with Crippen LogP contribution in [0, 0.1) is 0 Å². The van der Waals surface area contributed by atoms with E-state index in [0.717, 1.165) is 5.69 Å². The molecule has 0 fully saturated rings. The summed E-state index contributed by atoms with van der Waals surface area (Å²) in [7, 11) is 1.34. The van der Waals surface area contributed by atoms with Gasteiger partial charge in [0.05, 0.1) is 24.0 Å². The predicted molar refractivity (Wildman–Crippen MR) is 68.9 cm³/mol. The summed E-state index contributed by atoms with van der Waals surface area (Å²) in [6, 6.07) is 4.91. The van der Waals surface area contributed by atoms with Crippen molar-refractivity contribution < 1.29 is 14.3 Å². The van der Waals surface area contributed by atoms with Gasteiger partial charge >= 0.3 is 5.97 Å². The maximum Gasteiger partial charge on any atom is 0.340 e. The van der Waals surface area contributed by atoms with Crippen molar-refractivity contribution in [1.82, 2.24) is 0 Å². The van der Waals surface area contributed by atoms with Crippen LogP contribution in [0.15, 0.2) is 18.2 Å². The fourth-order valence-electron chi connectivity index (χ4n) is 2.15. The van der Waals surface area contributed by atoms with Crippen LogP contribution >= 0.6 is 0 Å². The van der Waals surface area contributed by atoms with Gasteiger partial charge in [0.25, 0.3) is 0 Å². The van der Waals surface area contributed by atoms with Crippen molar-refractivity contribution in [3.63, 3.8) is 0 Å². The van der Waals surface area contributed by atoms with E-state index in [1.165, 1.54) is 7.11 Å². The van der Waals surface area contributed by atoms with Crippen molar-refractivity contribution in [2.45, 2.75) is 19.9 Å². The molecule has 5 heteroatoms. The number of rotatable bonds is 2. The fraction of sp³-hybridized carbons (Fsp3) is 0.385. The number of benzene rings is 1. The highest BCUT2D eigenvalue weighted by molar-refractivity contribution is 6.09. The van der Waals surface area contributed by atoms with E-state index in [0.29, 0.717) is 17.8 Å². The smallest absolute Gasteiger partial charge is 0.340 e. The molecule has 1 N–H and O–H groups in total. The lowest BCUT2D eigenvalue weighted by atomic mass is 10.1. The van der Waals surface area contributed by atoms with E-state index in [-0.39, 0.29) is 11.9 Å². The van der Waals surface area contributed by atoms with Crippen LogP contribution in [-0.4, -0.2) is 31.6 Å². The van der Waals surface area contributed by atoms with Gasteiger partial charge < -0.3 is 15.0 Å². The van der Waals surface area contributed by atoms with E-state index in [9.17, 15) is 9.59 Å². The number of nitrogens with one attached hydrogen (secondary N) is 1. The zero-order valence-corrected chi connectivity index (χ0v) is 10.7. The minimum atomic E-state index is -0.406. The van der Waals surface area contributed by atoms with E-state index in [1.54, 1.807) is 24.0 Å². The number of ether oxygens (including phenoxy) is 1. The van der Waals surface area contributed by atoms with E-state index in [4.69, 9.17) is 4.74 Å². The molecule has 18 heavy (non-hydrogen) atoms. The third kappa shape index (κ3) is 1.81. The molecule has 5 nitrogen and oxygen atoms in total. The Morgan fingerprint density at radius 2 is 2.22 bits per heavy atom. The minimum Gasteiger partial charge on any atom is -0.465 e. The van der Waals surface area contributed by atoms with Gasteiger partial charge in [0.15, 0.2) is 0 Å². The lowest BCUT2D eigenvalue weighted by molar-refractivity contribution is -0.119. The Bertz CT molecular complexity index is 499. The third-order valence-corrected chi connectivity index (χ3v) is 3.05. The predicted octanol–water partition coefficient (Wildman–Crippen LogP) is 1.64. The Kier molecular flexibility index (Phi) is 3.23. The van der Waals surface area contributed by atoms with Crippen LogP contribution in [0.3, 0.4) is 0 Å². The van der Waals surface area contributed by atoms with Crippen molar-refractivity contribution in [3.8, 4) is 0 Å². The van der Waals surface area contributed by atoms with Gasteiger partial charge in [-0.15, -0.1) is 0 Å². The number of methoxy groups -OCH3 is 1. The second-order valence-corrected chi connectivity index (χ2v) is 4.14. The van der Waals surface area contributed by atoms with Gasteiger partial charge in [0, 0.05) is 6.54 Å². The number of fused-ring (bicyclic) bond motifs is 1. The van der Waals surface area contributed by atoms with Crippen molar-refractivity contribution >= 4 is 23.3 Å². The van der Waals surface area contributed by atoms with Gasteiger partial charge in [-0.1, -0.05) is 6.07 Å². The monoisotopic (exact) mass is 248 g/mol. The first-order chi connectivity index (χ1) is 8.60. The standard InChI is InChI=1S/C13H16N2O3/c1-4-15-10-7-5-6-9(13(17)18-3)11(10)14-8(2)12(15)16/h5-8,14H,4H2,1-3H3. The molecular formula is C13H16N2O3. The Morgan fingerprint density at radius 1 is 1.50 bits per heavy atom. The molecule has 0 saturated carbocycles. The molecule has 0 saturated heterocycles. The maximum absolute atomic E-state index is 12.0. The molecule has 2 rings (SSSR count). The molecule has 1 aliphatic rings. The molecule has 1 heterocycles. The van der Waals surface area contributed by atoms with Crippen LogP contribution in [0.4, 0.5) is 11.4 Å². The van der Waals surface area contributed by atoms with Gasteiger partial charge in [0.2, 0.25) is 5.91 Å². The van der Waals surface area contributed by atoms with E-state index >= 15 is 0 Å². The number of anilines is 2. The number of likely N-dealkylation sites (N-methyl/N-ethyl adjacent to an activating group) is 1. The van der Waals surface area contributed by atoms with Crippen LogP contribution < -0.4 is 10.2 Å². The normalized spacial score (nSPS) is 18.1. The topological polar surface area (TPSA) is 58.6 Å². The lowest BCUT2D eigenvalue weighted by Crippen LogP contribution is -2.46. The van der Waals surface area contributed by atoms with E-state index in [1.807, 2.05) is 13.0 Å². The van der Waals surface area contributed by atoms with Crippen LogP contribution in [-0.2, 0) is 9.53 Å². The molecule has 0 radical (unpaired) electrons. The number of para-hydroxylation sites is 1. The van der Waals surface area contributed by atoms with Crippen molar-refractivity contribution in [3.05, 3.63) is 23.8 Å². The minimum absolute atomic E-state index is 0.00650. The first-order valence-corrected chi connectivity index (χ1v) is 5.89. The molecule has 0 aromatic heterocycles. The zero-order valence-electron chi connectivity index (χ0n) is 10.7. The zero-order chi connectivity index (χ0) is 13.3. The first-order valence-electron chi connectivity index (χ1n) is 5.89. The molecule has 0 spiro atoms. The van der Waals surface area contributed by atoms with Crippen molar-refractivity contribution in [2.24, 2.45) is 0 Å². The summed E-state index contributed by atoms with van der Waals surface area (Å²) in [6.07, 6.45) is 0. The third-order valence-electron chi connectivity index (χ3n) is 3.05. The highest BCUT2D eigenvalue weighted by atomic mass is 16.5. The quantitative estimate of drug-likeness (QED) is 0.808. The first kappa shape index (κ1) is 12.4.